The number of furan rings is 1. The second-order valence-electron chi connectivity index (χ2n) is 6.84. The molecule has 1 aliphatic carbocycles. The van der Waals surface area contributed by atoms with Gasteiger partial charge < -0.3 is 9.73 Å². The van der Waals surface area contributed by atoms with E-state index in [9.17, 15) is 0 Å². The zero-order chi connectivity index (χ0) is 15.2. The molecule has 2 rings (SSSR count). The molecule has 1 saturated carbocycles. The summed E-state index contributed by atoms with van der Waals surface area (Å²) in [6.07, 6.45) is 5.53. The second-order valence-corrected chi connectivity index (χ2v) is 6.84. The van der Waals surface area contributed by atoms with Crippen molar-refractivity contribution >= 4 is 0 Å². The van der Waals surface area contributed by atoms with Crippen LogP contribution in [-0.4, -0.2) is 24.0 Å². The van der Waals surface area contributed by atoms with E-state index in [1.807, 2.05) is 0 Å². The highest BCUT2D eigenvalue weighted by molar-refractivity contribution is 5.21. The highest BCUT2D eigenvalue weighted by Crippen LogP contribution is 2.27. The molecule has 1 N–H and O–H groups in total. The molecule has 0 amide bonds. The van der Waals surface area contributed by atoms with Crippen LogP contribution in [0.25, 0.3) is 0 Å². The second kappa shape index (κ2) is 8.00. The summed E-state index contributed by atoms with van der Waals surface area (Å²) in [5, 5.41) is 3.34. The Labute approximate surface area is 130 Å². The van der Waals surface area contributed by atoms with Gasteiger partial charge >= 0.3 is 0 Å². The van der Waals surface area contributed by atoms with Crippen LogP contribution in [0.2, 0.25) is 0 Å². The molecule has 0 bridgehead atoms. The van der Waals surface area contributed by atoms with Gasteiger partial charge in [-0.25, -0.2) is 0 Å². The minimum atomic E-state index is 0.721. The van der Waals surface area contributed by atoms with Crippen molar-refractivity contribution in [3.8, 4) is 0 Å². The molecule has 0 spiro atoms. The van der Waals surface area contributed by atoms with Crippen molar-refractivity contribution in [1.29, 1.82) is 0 Å². The first-order valence-corrected chi connectivity index (χ1v) is 8.63. The van der Waals surface area contributed by atoms with Gasteiger partial charge in [-0.05, 0) is 38.3 Å². The normalized spacial score (nSPS) is 16.5. The van der Waals surface area contributed by atoms with Crippen molar-refractivity contribution in [2.75, 3.05) is 13.1 Å². The zero-order valence-electron chi connectivity index (χ0n) is 14.2. The van der Waals surface area contributed by atoms with Gasteiger partial charge in [0.25, 0.3) is 0 Å². The Kier molecular flexibility index (Phi) is 6.31. The lowest BCUT2D eigenvalue weighted by molar-refractivity contribution is 0.168. The maximum atomic E-state index is 5.90. The molecule has 1 heterocycles. The summed E-state index contributed by atoms with van der Waals surface area (Å²) >= 11 is 0. The molecular weight excluding hydrogens is 260 g/mol. The number of nitrogens with one attached hydrogen (secondary N) is 1. The maximum Gasteiger partial charge on any atom is 0.118 e. The molecule has 0 aliphatic heterocycles. The average Bonchev–Trinajstić information content (AvgIpc) is 3.06. The fraction of sp³-hybridized carbons (Fsp3) is 0.778. The van der Waals surface area contributed by atoms with Crippen LogP contribution in [0.1, 0.15) is 63.5 Å². The minimum absolute atomic E-state index is 0.721. The number of rotatable bonds is 8. The number of hydrogen-bond acceptors (Lipinski definition) is 3. The topological polar surface area (TPSA) is 28.4 Å². The molecular formula is C18H32N2O. The van der Waals surface area contributed by atoms with Crippen molar-refractivity contribution in [3.05, 3.63) is 23.2 Å². The molecule has 0 radical (unpaired) electrons. The van der Waals surface area contributed by atoms with Gasteiger partial charge in [-0.1, -0.05) is 33.6 Å². The molecule has 1 aliphatic rings. The quantitative estimate of drug-likeness (QED) is 0.782. The van der Waals surface area contributed by atoms with Crippen LogP contribution in [0.15, 0.2) is 10.5 Å². The Bertz CT molecular complexity index is 419. The third-order valence-corrected chi connectivity index (χ3v) is 4.44. The summed E-state index contributed by atoms with van der Waals surface area (Å²) in [5.41, 5.74) is 1.37. The first-order chi connectivity index (χ1) is 10.1. The van der Waals surface area contributed by atoms with Gasteiger partial charge in [0.1, 0.15) is 11.5 Å². The third kappa shape index (κ3) is 4.86. The SMILES string of the molecule is CCNCc1cc(CN(CC(C)C)C2CCCC2)c(C)o1. The predicted molar refractivity (Wildman–Crippen MR) is 88.3 cm³/mol. The Morgan fingerprint density at radius 2 is 2.05 bits per heavy atom. The number of hydrogen-bond donors (Lipinski definition) is 1. The molecule has 0 atom stereocenters. The summed E-state index contributed by atoms with van der Waals surface area (Å²) < 4.78 is 5.90. The molecule has 21 heavy (non-hydrogen) atoms. The van der Waals surface area contributed by atoms with E-state index in [2.05, 4.69) is 44.0 Å². The summed E-state index contributed by atoms with van der Waals surface area (Å²) in [7, 11) is 0. The lowest BCUT2D eigenvalue weighted by Gasteiger charge is -2.30. The van der Waals surface area contributed by atoms with E-state index in [0.717, 1.165) is 43.1 Å². The average molecular weight is 292 g/mol. The molecule has 1 fully saturated rings. The van der Waals surface area contributed by atoms with Gasteiger partial charge in [0.05, 0.1) is 6.54 Å². The summed E-state index contributed by atoms with van der Waals surface area (Å²) in [5.74, 6) is 2.88. The van der Waals surface area contributed by atoms with E-state index in [-0.39, 0.29) is 0 Å². The van der Waals surface area contributed by atoms with Crippen LogP contribution in [0.5, 0.6) is 0 Å². The van der Waals surface area contributed by atoms with Crippen LogP contribution >= 0.6 is 0 Å². The smallest absolute Gasteiger partial charge is 0.118 e. The summed E-state index contributed by atoms with van der Waals surface area (Å²) in [6.45, 7) is 12.9. The Morgan fingerprint density at radius 1 is 1.33 bits per heavy atom. The van der Waals surface area contributed by atoms with Gasteiger partial charge in [0, 0.05) is 24.7 Å². The van der Waals surface area contributed by atoms with Crippen LogP contribution in [0.3, 0.4) is 0 Å². The molecule has 3 heteroatoms. The van der Waals surface area contributed by atoms with Crippen LogP contribution < -0.4 is 5.32 Å². The van der Waals surface area contributed by atoms with Crippen LogP contribution in [0, 0.1) is 12.8 Å². The highest BCUT2D eigenvalue weighted by atomic mass is 16.3. The monoisotopic (exact) mass is 292 g/mol. The van der Waals surface area contributed by atoms with Gasteiger partial charge in [0.2, 0.25) is 0 Å². The maximum absolute atomic E-state index is 5.90. The van der Waals surface area contributed by atoms with E-state index in [1.165, 1.54) is 37.8 Å². The fourth-order valence-corrected chi connectivity index (χ4v) is 3.38. The first kappa shape index (κ1) is 16.6. The van der Waals surface area contributed by atoms with Crippen molar-refractivity contribution in [2.45, 2.75) is 72.5 Å². The van der Waals surface area contributed by atoms with E-state index in [4.69, 9.17) is 4.42 Å². The van der Waals surface area contributed by atoms with Gasteiger partial charge in [0.15, 0.2) is 0 Å². The zero-order valence-corrected chi connectivity index (χ0v) is 14.2. The molecule has 0 unspecified atom stereocenters. The Balaban J connectivity index is 2.02. The van der Waals surface area contributed by atoms with Crippen molar-refractivity contribution in [2.24, 2.45) is 5.92 Å². The van der Waals surface area contributed by atoms with Crippen LogP contribution in [0.4, 0.5) is 0 Å². The molecule has 0 aromatic carbocycles. The molecule has 120 valence electrons. The fourth-order valence-electron chi connectivity index (χ4n) is 3.38. The molecule has 1 aromatic heterocycles. The number of aryl methyl sites for hydroxylation is 1. The first-order valence-electron chi connectivity index (χ1n) is 8.63. The Hall–Kier alpha value is -0.800. The molecule has 1 aromatic rings. The largest absolute Gasteiger partial charge is 0.465 e. The molecule has 3 nitrogen and oxygen atoms in total. The van der Waals surface area contributed by atoms with Gasteiger partial charge in [-0.2, -0.15) is 0 Å². The summed E-state index contributed by atoms with van der Waals surface area (Å²) in [6, 6.07) is 3.03. The standard InChI is InChI=1S/C18H32N2O/c1-5-19-11-18-10-16(15(4)21-18)13-20(12-14(2)3)17-8-6-7-9-17/h10,14,17,19H,5-9,11-13H2,1-4H3. The third-order valence-electron chi connectivity index (χ3n) is 4.44. The predicted octanol–water partition coefficient (Wildman–Crippen LogP) is 4.10. The van der Waals surface area contributed by atoms with E-state index >= 15 is 0 Å². The van der Waals surface area contributed by atoms with Crippen LogP contribution in [-0.2, 0) is 13.1 Å². The van der Waals surface area contributed by atoms with Gasteiger partial charge in [-0.15, -0.1) is 0 Å². The van der Waals surface area contributed by atoms with Crippen molar-refractivity contribution in [3.63, 3.8) is 0 Å². The van der Waals surface area contributed by atoms with Gasteiger partial charge in [-0.3, -0.25) is 4.90 Å². The van der Waals surface area contributed by atoms with E-state index < -0.39 is 0 Å². The Morgan fingerprint density at radius 3 is 2.67 bits per heavy atom. The number of nitrogens with zero attached hydrogens (tertiary/aromatic N) is 1. The highest BCUT2D eigenvalue weighted by Gasteiger charge is 2.24. The molecule has 0 saturated heterocycles. The summed E-state index contributed by atoms with van der Waals surface area (Å²) in [4.78, 5) is 2.69. The lowest BCUT2D eigenvalue weighted by atomic mass is 10.1. The van der Waals surface area contributed by atoms with E-state index in [0.29, 0.717) is 0 Å². The lowest BCUT2D eigenvalue weighted by Crippen LogP contribution is -2.35. The van der Waals surface area contributed by atoms with Crippen molar-refractivity contribution < 1.29 is 4.42 Å². The van der Waals surface area contributed by atoms with E-state index in [1.54, 1.807) is 0 Å². The minimum Gasteiger partial charge on any atom is -0.465 e. The van der Waals surface area contributed by atoms with Crippen molar-refractivity contribution in [1.82, 2.24) is 10.2 Å².